The van der Waals surface area contributed by atoms with Crippen molar-refractivity contribution in [1.82, 2.24) is 15.5 Å². The second kappa shape index (κ2) is 9.85. The molecule has 0 aliphatic heterocycles. The lowest BCUT2D eigenvalue weighted by atomic mass is 10.3. The zero-order valence-electron chi connectivity index (χ0n) is 11.5. The molecule has 3 N–H and O–H groups in total. The fraction of sp³-hybridized carbons (Fsp3) is 0.833. The third-order valence-electron chi connectivity index (χ3n) is 2.47. The van der Waals surface area contributed by atoms with Gasteiger partial charge in [-0.2, -0.15) is 0 Å². The molecule has 6 nitrogen and oxygen atoms in total. The Labute approximate surface area is 109 Å². The number of hydrogen-bond donors (Lipinski definition) is 3. The van der Waals surface area contributed by atoms with Crippen LogP contribution in [0.2, 0.25) is 0 Å². The molecule has 0 aliphatic rings. The fourth-order valence-corrected chi connectivity index (χ4v) is 1.43. The van der Waals surface area contributed by atoms with Gasteiger partial charge in [0.2, 0.25) is 5.91 Å². The topological polar surface area (TPSA) is 81.7 Å². The maximum absolute atomic E-state index is 11.6. The van der Waals surface area contributed by atoms with Crippen LogP contribution in [-0.4, -0.2) is 54.2 Å². The second-order valence-electron chi connectivity index (χ2n) is 4.45. The zero-order valence-corrected chi connectivity index (χ0v) is 11.5. The summed E-state index contributed by atoms with van der Waals surface area (Å²) in [5.41, 5.74) is 0. The SMILES string of the molecule is CCCNC(=O)NC(=O)CN(CCCO)C(C)C. The van der Waals surface area contributed by atoms with E-state index in [1.807, 2.05) is 25.7 Å². The summed E-state index contributed by atoms with van der Waals surface area (Å²) >= 11 is 0. The van der Waals surface area contributed by atoms with Crippen molar-refractivity contribution in [3.8, 4) is 0 Å². The fourth-order valence-electron chi connectivity index (χ4n) is 1.43. The number of carbonyl (C=O) groups is 2. The first-order valence-corrected chi connectivity index (χ1v) is 6.43. The van der Waals surface area contributed by atoms with Gasteiger partial charge in [-0.3, -0.25) is 15.0 Å². The van der Waals surface area contributed by atoms with Crippen molar-refractivity contribution in [2.24, 2.45) is 0 Å². The number of hydrogen-bond acceptors (Lipinski definition) is 4. The first-order chi connectivity index (χ1) is 8.51. The first-order valence-electron chi connectivity index (χ1n) is 6.43. The van der Waals surface area contributed by atoms with Crippen molar-refractivity contribution in [3.63, 3.8) is 0 Å². The molecule has 0 spiro atoms. The van der Waals surface area contributed by atoms with E-state index in [4.69, 9.17) is 5.11 Å². The molecule has 0 fully saturated rings. The quantitative estimate of drug-likeness (QED) is 0.586. The second-order valence-corrected chi connectivity index (χ2v) is 4.45. The molecule has 106 valence electrons. The van der Waals surface area contributed by atoms with Gasteiger partial charge in [-0.25, -0.2) is 4.79 Å². The van der Waals surface area contributed by atoms with Crippen LogP contribution in [0.3, 0.4) is 0 Å². The summed E-state index contributed by atoms with van der Waals surface area (Å²) in [6, 6.07) is -0.256. The molecule has 0 rings (SSSR count). The number of imide groups is 1. The third kappa shape index (κ3) is 8.03. The van der Waals surface area contributed by atoms with Gasteiger partial charge in [-0.1, -0.05) is 6.92 Å². The first kappa shape index (κ1) is 16.9. The van der Waals surface area contributed by atoms with Crippen LogP contribution in [0.4, 0.5) is 4.79 Å². The maximum Gasteiger partial charge on any atom is 0.321 e. The summed E-state index contributed by atoms with van der Waals surface area (Å²) in [6.45, 7) is 7.34. The predicted molar refractivity (Wildman–Crippen MR) is 70.2 cm³/mol. The summed E-state index contributed by atoms with van der Waals surface area (Å²) in [4.78, 5) is 24.8. The standard InChI is InChI=1S/C12H25N3O3/c1-4-6-13-12(18)14-11(17)9-15(10(2)3)7-5-8-16/h10,16H,4-9H2,1-3H3,(H2,13,14,17,18). The number of nitrogens with zero attached hydrogens (tertiary/aromatic N) is 1. The minimum absolute atomic E-state index is 0.0990. The molecule has 0 radical (unpaired) electrons. The Bertz CT molecular complexity index is 257. The molecule has 0 unspecified atom stereocenters. The van der Waals surface area contributed by atoms with Crippen LogP contribution in [0.15, 0.2) is 0 Å². The van der Waals surface area contributed by atoms with Gasteiger partial charge >= 0.3 is 6.03 Å². The van der Waals surface area contributed by atoms with Crippen LogP contribution >= 0.6 is 0 Å². The third-order valence-corrected chi connectivity index (χ3v) is 2.47. The molecular weight excluding hydrogens is 234 g/mol. The van der Waals surface area contributed by atoms with Crippen molar-refractivity contribution >= 4 is 11.9 Å². The number of urea groups is 1. The lowest BCUT2D eigenvalue weighted by Crippen LogP contribution is -2.46. The van der Waals surface area contributed by atoms with Crippen LogP contribution < -0.4 is 10.6 Å². The van der Waals surface area contributed by atoms with E-state index < -0.39 is 6.03 Å². The molecule has 6 heteroatoms. The summed E-state index contributed by atoms with van der Waals surface area (Å²) in [6.07, 6.45) is 1.45. The van der Waals surface area contributed by atoms with E-state index in [1.54, 1.807) is 0 Å². The molecule has 0 saturated heterocycles. The van der Waals surface area contributed by atoms with Gasteiger partial charge in [-0.05, 0) is 26.7 Å². The molecule has 0 bridgehead atoms. The average Bonchev–Trinajstić information content (AvgIpc) is 2.31. The Kier molecular flexibility index (Phi) is 9.22. The van der Waals surface area contributed by atoms with Gasteiger partial charge in [-0.15, -0.1) is 0 Å². The van der Waals surface area contributed by atoms with E-state index >= 15 is 0 Å². The van der Waals surface area contributed by atoms with E-state index in [-0.39, 0.29) is 25.1 Å². The van der Waals surface area contributed by atoms with Crippen molar-refractivity contribution in [3.05, 3.63) is 0 Å². The van der Waals surface area contributed by atoms with Gasteiger partial charge in [0.1, 0.15) is 0 Å². The van der Waals surface area contributed by atoms with E-state index in [2.05, 4.69) is 10.6 Å². The molecule has 0 atom stereocenters. The minimum atomic E-state index is -0.451. The molecule has 3 amide bonds. The summed E-state index contributed by atoms with van der Waals surface area (Å²) in [7, 11) is 0. The highest BCUT2D eigenvalue weighted by atomic mass is 16.3. The van der Waals surface area contributed by atoms with Crippen LogP contribution in [0.5, 0.6) is 0 Å². The molecule has 18 heavy (non-hydrogen) atoms. The monoisotopic (exact) mass is 259 g/mol. The van der Waals surface area contributed by atoms with Gasteiger partial charge in [0, 0.05) is 25.7 Å². The van der Waals surface area contributed by atoms with Crippen LogP contribution in [0.25, 0.3) is 0 Å². The Morgan fingerprint density at radius 2 is 2.00 bits per heavy atom. The number of carbonyl (C=O) groups excluding carboxylic acids is 2. The lowest BCUT2D eigenvalue weighted by molar-refractivity contribution is -0.121. The number of rotatable bonds is 8. The highest BCUT2D eigenvalue weighted by molar-refractivity contribution is 5.95. The largest absolute Gasteiger partial charge is 0.396 e. The highest BCUT2D eigenvalue weighted by Gasteiger charge is 2.15. The maximum atomic E-state index is 11.6. The van der Waals surface area contributed by atoms with E-state index in [9.17, 15) is 9.59 Å². The summed E-state index contributed by atoms with van der Waals surface area (Å²) < 4.78 is 0. The van der Waals surface area contributed by atoms with Gasteiger partial charge in [0.15, 0.2) is 0 Å². The van der Waals surface area contributed by atoms with E-state index in [0.717, 1.165) is 6.42 Å². The predicted octanol–water partition coefficient (Wildman–Crippen LogP) is 0.315. The average molecular weight is 259 g/mol. The highest BCUT2D eigenvalue weighted by Crippen LogP contribution is 1.98. The summed E-state index contributed by atoms with van der Waals surface area (Å²) in [5.74, 6) is -0.324. The number of aliphatic hydroxyl groups is 1. The molecular formula is C12H25N3O3. The molecule has 0 aromatic rings. The normalized spacial score (nSPS) is 10.8. The molecule has 0 heterocycles. The van der Waals surface area contributed by atoms with Crippen LogP contribution in [0.1, 0.15) is 33.6 Å². The van der Waals surface area contributed by atoms with Crippen molar-refractivity contribution in [2.45, 2.75) is 39.7 Å². The van der Waals surface area contributed by atoms with E-state index in [0.29, 0.717) is 19.5 Å². The van der Waals surface area contributed by atoms with Crippen molar-refractivity contribution in [1.29, 1.82) is 0 Å². The summed E-state index contributed by atoms with van der Waals surface area (Å²) in [5, 5.41) is 13.6. The Hall–Kier alpha value is -1.14. The zero-order chi connectivity index (χ0) is 14.0. The molecule has 0 saturated carbocycles. The Morgan fingerprint density at radius 1 is 1.33 bits per heavy atom. The van der Waals surface area contributed by atoms with Crippen LogP contribution in [0, 0.1) is 0 Å². The number of nitrogens with one attached hydrogen (secondary N) is 2. The molecule has 0 aliphatic carbocycles. The lowest BCUT2D eigenvalue weighted by Gasteiger charge is -2.25. The van der Waals surface area contributed by atoms with Gasteiger partial charge in [0.25, 0.3) is 0 Å². The number of aliphatic hydroxyl groups excluding tert-OH is 1. The smallest absolute Gasteiger partial charge is 0.321 e. The number of amides is 3. The van der Waals surface area contributed by atoms with Gasteiger partial charge < -0.3 is 10.4 Å². The molecule has 0 aromatic carbocycles. The van der Waals surface area contributed by atoms with E-state index in [1.165, 1.54) is 0 Å². The van der Waals surface area contributed by atoms with Crippen LogP contribution in [-0.2, 0) is 4.79 Å². The minimum Gasteiger partial charge on any atom is -0.396 e. The van der Waals surface area contributed by atoms with Gasteiger partial charge in [0.05, 0.1) is 6.54 Å². The Morgan fingerprint density at radius 3 is 2.50 bits per heavy atom. The Balaban J connectivity index is 4.04. The van der Waals surface area contributed by atoms with Crippen molar-refractivity contribution < 1.29 is 14.7 Å². The van der Waals surface area contributed by atoms with Crippen molar-refractivity contribution in [2.75, 3.05) is 26.2 Å². The molecule has 0 aromatic heterocycles.